The summed E-state index contributed by atoms with van der Waals surface area (Å²) in [6.45, 7) is 3.40. The van der Waals surface area contributed by atoms with Crippen molar-refractivity contribution in [1.82, 2.24) is 14.9 Å². The third-order valence-electron chi connectivity index (χ3n) is 6.91. The molecule has 2 atom stereocenters. The minimum Gasteiger partial charge on any atom is -0.376 e. The Morgan fingerprint density at radius 2 is 1.62 bits per heavy atom. The second-order valence-corrected chi connectivity index (χ2v) is 11.6. The lowest BCUT2D eigenvalue weighted by molar-refractivity contribution is -0.141. The van der Waals surface area contributed by atoms with Crippen LogP contribution in [0.25, 0.3) is 0 Å². The fraction of sp³-hybridized carbons (Fsp3) is 0.355. The van der Waals surface area contributed by atoms with Crippen LogP contribution in [0.15, 0.2) is 89.8 Å². The smallest absolute Gasteiger partial charge is 0.247 e. The molecule has 1 aliphatic heterocycles. The Balaban J connectivity index is 1.55. The fourth-order valence-corrected chi connectivity index (χ4v) is 5.87. The number of rotatable bonds is 13. The molecule has 212 valence electrons. The van der Waals surface area contributed by atoms with Crippen LogP contribution in [0.2, 0.25) is 0 Å². The van der Waals surface area contributed by atoms with Crippen molar-refractivity contribution >= 4 is 21.8 Å². The molecule has 0 aromatic heterocycles. The first-order valence-corrected chi connectivity index (χ1v) is 15.2. The lowest BCUT2D eigenvalue weighted by Crippen LogP contribution is -2.45. The molecule has 2 amide bonds. The second-order valence-electron chi connectivity index (χ2n) is 9.85. The molecule has 3 aromatic carbocycles. The Hall–Kier alpha value is -3.53. The lowest BCUT2D eigenvalue weighted by Gasteiger charge is -2.32. The van der Waals surface area contributed by atoms with Gasteiger partial charge in [0.15, 0.2) is 0 Å². The average molecular weight is 564 g/mol. The van der Waals surface area contributed by atoms with Gasteiger partial charge in [-0.05, 0) is 48.1 Å². The highest BCUT2D eigenvalue weighted by Gasteiger charge is 2.32. The van der Waals surface area contributed by atoms with Gasteiger partial charge in [0.1, 0.15) is 6.04 Å². The number of hydrogen-bond acceptors (Lipinski definition) is 5. The monoisotopic (exact) mass is 563 g/mol. The summed E-state index contributed by atoms with van der Waals surface area (Å²) in [5, 5.41) is 3.03. The van der Waals surface area contributed by atoms with Crippen LogP contribution in [0.5, 0.6) is 0 Å². The van der Waals surface area contributed by atoms with Gasteiger partial charge in [-0.25, -0.2) is 13.1 Å². The molecule has 0 saturated carbocycles. The summed E-state index contributed by atoms with van der Waals surface area (Å²) in [5.74, 6) is -0.418. The number of aryl methyl sites for hydroxylation is 1. The number of nitrogens with one attached hydrogen (secondary N) is 2. The third kappa shape index (κ3) is 8.00. The quantitative estimate of drug-likeness (QED) is 0.327. The average Bonchev–Trinajstić information content (AvgIpc) is 3.50. The number of carbonyl (C=O) groups is 2. The largest absolute Gasteiger partial charge is 0.376 e. The first kappa shape index (κ1) is 29.5. The fourth-order valence-electron chi connectivity index (χ4n) is 4.83. The third-order valence-corrected chi connectivity index (χ3v) is 8.48. The Kier molecular flexibility index (Phi) is 10.5. The van der Waals surface area contributed by atoms with Crippen LogP contribution >= 0.6 is 0 Å². The molecule has 0 bridgehead atoms. The number of amides is 2. The molecule has 0 radical (unpaired) electrons. The maximum atomic E-state index is 13.8. The highest BCUT2D eigenvalue weighted by Crippen LogP contribution is 2.25. The van der Waals surface area contributed by atoms with Crippen molar-refractivity contribution in [2.75, 3.05) is 19.7 Å². The van der Waals surface area contributed by atoms with E-state index < -0.39 is 16.1 Å². The maximum absolute atomic E-state index is 13.8. The van der Waals surface area contributed by atoms with Gasteiger partial charge in [-0.2, -0.15) is 0 Å². The molecule has 0 unspecified atom stereocenters. The zero-order chi connectivity index (χ0) is 28.4. The van der Waals surface area contributed by atoms with E-state index in [1.54, 1.807) is 36.1 Å². The Bertz CT molecular complexity index is 1340. The molecule has 2 N–H and O–H groups in total. The summed E-state index contributed by atoms with van der Waals surface area (Å²) in [6, 6.07) is 24.7. The van der Waals surface area contributed by atoms with Crippen LogP contribution in [0.4, 0.5) is 0 Å². The van der Waals surface area contributed by atoms with E-state index in [0.717, 1.165) is 29.5 Å². The zero-order valence-corrected chi connectivity index (χ0v) is 23.6. The number of benzene rings is 3. The molecule has 0 aliphatic carbocycles. The summed E-state index contributed by atoms with van der Waals surface area (Å²) in [7, 11) is -3.55. The van der Waals surface area contributed by atoms with Crippen molar-refractivity contribution in [2.24, 2.45) is 0 Å². The van der Waals surface area contributed by atoms with Gasteiger partial charge in [0, 0.05) is 32.7 Å². The highest BCUT2D eigenvalue weighted by atomic mass is 32.2. The molecular formula is C31H37N3O5S. The van der Waals surface area contributed by atoms with Gasteiger partial charge in [-0.15, -0.1) is 0 Å². The van der Waals surface area contributed by atoms with Gasteiger partial charge < -0.3 is 15.0 Å². The van der Waals surface area contributed by atoms with Gasteiger partial charge in [0.05, 0.1) is 11.0 Å². The molecular weight excluding hydrogens is 526 g/mol. The first-order valence-electron chi connectivity index (χ1n) is 13.7. The second kappa shape index (κ2) is 14.2. The van der Waals surface area contributed by atoms with Crippen LogP contribution in [0.1, 0.15) is 48.9 Å². The molecule has 0 spiro atoms. The maximum Gasteiger partial charge on any atom is 0.247 e. The van der Waals surface area contributed by atoms with Gasteiger partial charge in [-0.1, -0.05) is 79.7 Å². The van der Waals surface area contributed by atoms with Gasteiger partial charge in [0.2, 0.25) is 21.8 Å². The number of hydrogen-bond donors (Lipinski definition) is 2. The molecule has 1 heterocycles. The Morgan fingerprint density at radius 1 is 0.950 bits per heavy atom. The molecule has 4 rings (SSSR count). The van der Waals surface area contributed by atoms with Crippen LogP contribution < -0.4 is 10.0 Å². The number of ether oxygens (including phenoxy) is 1. The Morgan fingerprint density at radius 3 is 2.25 bits per heavy atom. The molecule has 1 fully saturated rings. The highest BCUT2D eigenvalue weighted by molar-refractivity contribution is 7.89. The van der Waals surface area contributed by atoms with Gasteiger partial charge >= 0.3 is 0 Å². The molecule has 8 nitrogen and oxygen atoms in total. The van der Waals surface area contributed by atoms with Crippen LogP contribution in [-0.4, -0.2) is 50.9 Å². The van der Waals surface area contributed by atoms with E-state index in [1.807, 2.05) is 60.7 Å². The van der Waals surface area contributed by atoms with Crippen LogP contribution in [0, 0.1) is 0 Å². The molecule has 3 aromatic rings. The SMILES string of the molecule is CCNS(=O)(=O)c1ccc(CCC(=O)N(Cc2ccccc2)[C@@H](C(=O)NC[C@H]2CCCO2)c2ccccc2)cc1. The van der Waals surface area contributed by atoms with E-state index in [0.29, 0.717) is 26.1 Å². The van der Waals surface area contributed by atoms with E-state index in [-0.39, 0.29) is 35.8 Å². The normalized spacial score (nSPS) is 15.9. The number of sulfonamides is 1. The standard InChI is InChI=1S/C31H37N3O5S/c1-2-33-40(37,38)28-18-15-24(16-19-28)17-20-29(35)34(23-25-10-5-3-6-11-25)30(26-12-7-4-8-13-26)31(36)32-22-27-14-9-21-39-27/h3-8,10-13,15-16,18-19,27,30,33H,2,9,14,17,20-23H2,1H3,(H,32,36)/t27-,30-/m1/s1. The van der Waals surface area contributed by atoms with Crippen LogP contribution in [0.3, 0.4) is 0 Å². The number of carbonyl (C=O) groups excluding carboxylic acids is 2. The molecule has 1 aliphatic rings. The minimum absolute atomic E-state index is 0.0158. The van der Waals surface area contributed by atoms with Crippen molar-refractivity contribution in [2.45, 2.75) is 56.2 Å². The zero-order valence-electron chi connectivity index (χ0n) is 22.8. The topological polar surface area (TPSA) is 105 Å². The van der Waals surface area contributed by atoms with Gasteiger partial charge in [0.25, 0.3) is 0 Å². The Labute approximate surface area is 236 Å². The van der Waals surface area contributed by atoms with E-state index in [9.17, 15) is 18.0 Å². The summed E-state index contributed by atoms with van der Waals surface area (Å²) in [4.78, 5) is 29.3. The summed E-state index contributed by atoms with van der Waals surface area (Å²) >= 11 is 0. The first-order chi connectivity index (χ1) is 19.4. The summed E-state index contributed by atoms with van der Waals surface area (Å²) in [5.41, 5.74) is 2.49. The number of nitrogens with zero attached hydrogens (tertiary/aromatic N) is 1. The predicted octanol–water partition coefficient (Wildman–Crippen LogP) is 3.98. The molecule has 9 heteroatoms. The van der Waals surface area contributed by atoms with Gasteiger partial charge in [-0.3, -0.25) is 9.59 Å². The van der Waals surface area contributed by atoms with E-state index in [4.69, 9.17) is 4.74 Å². The van der Waals surface area contributed by atoms with Crippen LogP contribution in [-0.2, 0) is 37.3 Å². The minimum atomic E-state index is -3.55. The van der Waals surface area contributed by atoms with E-state index >= 15 is 0 Å². The van der Waals surface area contributed by atoms with E-state index in [1.165, 1.54) is 0 Å². The predicted molar refractivity (Wildman–Crippen MR) is 154 cm³/mol. The summed E-state index contributed by atoms with van der Waals surface area (Å²) < 4.78 is 32.7. The van der Waals surface area contributed by atoms with Crippen molar-refractivity contribution in [3.05, 3.63) is 102 Å². The van der Waals surface area contributed by atoms with E-state index in [2.05, 4.69) is 10.0 Å². The lowest BCUT2D eigenvalue weighted by atomic mass is 10.0. The van der Waals surface area contributed by atoms with Crippen molar-refractivity contribution in [1.29, 1.82) is 0 Å². The van der Waals surface area contributed by atoms with Crippen molar-refractivity contribution < 1.29 is 22.7 Å². The summed E-state index contributed by atoms with van der Waals surface area (Å²) in [6.07, 6.45) is 2.43. The molecule has 40 heavy (non-hydrogen) atoms. The van der Waals surface area contributed by atoms with Crippen molar-refractivity contribution in [3.63, 3.8) is 0 Å². The molecule has 1 saturated heterocycles. The van der Waals surface area contributed by atoms with Crippen molar-refractivity contribution in [3.8, 4) is 0 Å².